The first-order chi connectivity index (χ1) is 39.0. The molecule has 0 aliphatic rings. The Morgan fingerprint density at radius 3 is 1.06 bits per heavy atom. The molecular formula is C76H64N2O2. The van der Waals surface area contributed by atoms with Gasteiger partial charge in [-0.1, -0.05) is 225 Å². The number of rotatable bonds is 12. The Bertz CT molecular complexity index is 4370. The van der Waals surface area contributed by atoms with Gasteiger partial charge in [-0.05, 0) is 127 Å². The van der Waals surface area contributed by atoms with Gasteiger partial charge >= 0.3 is 0 Å². The Balaban J connectivity index is 1.03. The smallest absolute Gasteiger partial charge is 0.143 e. The van der Waals surface area contributed by atoms with Crippen LogP contribution >= 0.6 is 0 Å². The molecule has 0 bridgehead atoms. The zero-order valence-corrected chi connectivity index (χ0v) is 46.8. The number of anilines is 6. The molecule has 0 atom stereocenters. The van der Waals surface area contributed by atoms with Gasteiger partial charge < -0.3 is 18.6 Å². The van der Waals surface area contributed by atoms with E-state index in [9.17, 15) is 0 Å². The van der Waals surface area contributed by atoms with E-state index in [4.69, 9.17) is 8.83 Å². The topological polar surface area (TPSA) is 32.8 Å². The second-order valence-corrected chi connectivity index (χ2v) is 23.0. The first kappa shape index (κ1) is 49.2. The molecule has 2 aromatic heterocycles. The molecule has 2 heterocycles. The highest BCUT2D eigenvalue weighted by atomic mass is 16.3. The maximum absolute atomic E-state index is 6.79. The summed E-state index contributed by atoms with van der Waals surface area (Å²) >= 11 is 0. The molecule has 0 saturated heterocycles. The van der Waals surface area contributed by atoms with E-state index in [-0.39, 0.29) is 23.7 Å². The lowest BCUT2D eigenvalue weighted by Gasteiger charge is -2.35. The lowest BCUT2D eigenvalue weighted by atomic mass is 9.84. The van der Waals surface area contributed by atoms with Gasteiger partial charge in [0.1, 0.15) is 22.3 Å². The number of furan rings is 2. The molecule has 0 saturated carbocycles. The van der Waals surface area contributed by atoms with Gasteiger partial charge in [0.15, 0.2) is 0 Å². The van der Waals surface area contributed by atoms with Crippen LogP contribution in [0, 0.1) is 0 Å². The standard InChI is InChI=1S/C76H64N2O2/c1-45(2)53-39-41-57(61-29-19-27-59-55-25-15-17-31-67(55)79-75(59)61)69(47(5)6)73(53)77(51-21-11-9-12-22-51)65-43-35-49-34-38-64-66(44-36-50-33-37-63(65)71(49)72(50)64)78(52-23-13-10-14-24-52)74-54(46(3)4)40-42-58(70(74)48(7)8)62-30-20-28-60-56-26-16-18-32-68(56)80-76(60)62/h9-48H,1-8H3. The number of para-hydroxylation sites is 6. The van der Waals surface area contributed by atoms with Crippen molar-refractivity contribution in [2.75, 3.05) is 9.80 Å². The number of hydrogen-bond acceptors (Lipinski definition) is 4. The van der Waals surface area contributed by atoms with E-state index in [1.807, 2.05) is 0 Å². The van der Waals surface area contributed by atoms with Crippen LogP contribution in [-0.2, 0) is 0 Å². The highest BCUT2D eigenvalue weighted by molar-refractivity contribution is 6.28. The molecule has 0 N–H and O–H groups in total. The van der Waals surface area contributed by atoms with Crippen LogP contribution in [0.4, 0.5) is 34.1 Å². The Labute approximate surface area is 468 Å². The maximum Gasteiger partial charge on any atom is 0.143 e. The summed E-state index contributed by atoms with van der Waals surface area (Å²) in [5.74, 6) is 0.778. The summed E-state index contributed by atoms with van der Waals surface area (Å²) < 4.78 is 13.6. The van der Waals surface area contributed by atoms with Crippen LogP contribution in [0.2, 0.25) is 0 Å². The van der Waals surface area contributed by atoms with Crippen LogP contribution in [0.15, 0.2) is 227 Å². The molecule has 0 spiro atoms. The first-order valence-electron chi connectivity index (χ1n) is 28.6. The molecule has 0 unspecified atom stereocenters. The fourth-order valence-corrected chi connectivity index (χ4v) is 13.3. The molecule has 0 aliphatic carbocycles. The minimum Gasteiger partial charge on any atom is -0.455 e. The minimum absolute atomic E-state index is 0.160. The minimum atomic E-state index is 0.160. The third-order valence-electron chi connectivity index (χ3n) is 16.9. The molecule has 14 rings (SSSR count). The summed E-state index contributed by atoms with van der Waals surface area (Å²) in [6, 6.07) is 80.5. The van der Waals surface area contributed by atoms with Crippen molar-refractivity contribution in [3.05, 3.63) is 241 Å². The molecule has 80 heavy (non-hydrogen) atoms. The van der Waals surface area contributed by atoms with Crippen molar-refractivity contribution >= 4 is 110 Å². The highest BCUT2D eigenvalue weighted by Gasteiger charge is 2.31. The average Bonchev–Trinajstić information content (AvgIpc) is 4.15. The second-order valence-electron chi connectivity index (χ2n) is 23.0. The van der Waals surface area contributed by atoms with Gasteiger partial charge in [0.2, 0.25) is 0 Å². The number of nitrogens with zero attached hydrogens (tertiary/aromatic N) is 2. The average molecular weight is 1040 g/mol. The summed E-state index contributed by atoms with van der Waals surface area (Å²) in [5.41, 5.74) is 20.4. The normalized spacial score (nSPS) is 12.2. The molecule has 0 fully saturated rings. The summed E-state index contributed by atoms with van der Waals surface area (Å²) in [7, 11) is 0. The van der Waals surface area contributed by atoms with Gasteiger partial charge in [0.05, 0.1) is 22.7 Å². The lowest BCUT2D eigenvalue weighted by molar-refractivity contribution is 0.669. The van der Waals surface area contributed by atoms with Crippen molar-refractivity contribution in [3.63, 3.8) is 0 Å². The Morgan fingerprint density at radius 2 is 0.662 bits per heavy atom. The molecule has 12 aromatic carbocycles. The fraction of sp³-hybridized carbons (Fsp3) is 0.158. The van der Waals surface area contributed by atoms with Crippen LogP contribution in [0.1, 0.15) is 101 Å². The third-order valence-corrected chi connectivity index (χ3v) is 16.9. The van der Waals surface area contributed by atoms with Gasteiger partial charge in [-0.2, -0.15) is 0 Å². The summed E-state index contributed by atoms with van der Waals surface area (Å²) in [4.78, 5) is 5.15. The van der Waals surface area contributed by atoms with Gasteiger partial charge in [-0.3, -0.25) is 0 Å². The van der Waals surface area contributed by atoms with Crippen molar-refractivity contribution in [3.8, 4) is 22.3 Å². The SMILES string of the molecule is CC(C)c1ccc(-c2cccc3c2oc2ccccc23)c(C(C)C)c1N(c1ccccc1)c1ccc2ccc3c(N(c4ccccc4)c4c(C(C)C)ccc(-c5cccc6c5oc5ccccc56)c4C(C)C)ccc4ccc1c2c43. The molecule has 0 aliphatic heterocycles. The van der Waals surface area contributed by atoms with Crippen molar-refractivity contribution < 1.29 is 8.83 Å². The third kappa shape index (κ3) is 7.71. The molecule has 14 aromatic rings. The van der Waals surface area contributed by atoms with Gasteiger partial charge in [0.25, 0.3) is 0 Å². The van der Waals surface area contributed by atoms with Crippen molar-refractivity contribution in [2.45, 2.75) is 79.1 Å². The van der Waals surface area contributed by atoms with Crippen LogP contribution < -0.4 is 9.80 Å². The van der Waals surface area contributed by atoms with E-state index in [2.05, 4.69) is 284 Å². The second kappa shape index (κ2) is 19.4. The Hall–Kier alpha value is -9.12. The largest absolute Gasteiger partial charge is 0.455 e. The Morgan fingerprint density at radius 1 is 0.287 bits per heavy atom. The van der Waals surface area contributed by atoms with Gasteiger partial charge in [0, 0.05) is 54.8 Å². The van der Waals surface area contributed by atoms with E-state index in [1.165, 1.54) is 77.1 Å². The molecule has 0 radical (unpaired) electrons. The Kier molecular flexibility index (Phi) is 11.9. The lowest BCUT2D eigenvalue weighted by Crippen LogP contribution is -2.17. The first-order valence-corrected chi connectivity index (χ1v) is 28.6. The predicted octanol–water partition coefficient (Wildman–Crippen LogP) is 23.2. The number of benzene rings is 12. The predicted molar refractivity (Wildman–Crippen MR) is 341 cm³/mol. The van der Waals surface area contributed by atoms with Crippen LogP contribution in [-0.4, -0.2) is 0 Å². The molecule has 390 valence electrons. The van der Waals surface area contributed by atoms with Crippen molar-refractivity contribution in [1.29, 1.82) is 0 Å². The molecular weight excluding hydrogens is 973 g/mol. The summed E-state index contributed by atoms with van der Waals surface area (Å²) in [5, 5.41) is 11.9. The molecule has 4 nitrogen and oxygen atoms in total. The van der Waals surface area contributed by atoms with Crippen molar-refractivity contribution in [1.82, 2.24) is 0 Å². The molecule has 0 amide bonds. The van der Waals surface area contributed by atoms with Crippen LogP contribution in [0.25, 0.3) is 98.4 Å². The number of hydrogen-bond donors (Lipinski definition) is 0. The van der Waals surface area contributed by atoms with E-state index in [0.717, 1.165) is 77.8 Å². The summed E-state index contributed by atoms with van der Waals surface area (Å²) in [6.07, 6.45) is 0. The number of fused-ring (bicyclic) bond motifs is 6. The van der Waals surface area contributed by atoms with E-state index < -0.39 is 0 Å². The van der Waals surface area contributed by atoms with Crippen LogP contribution in [0.3, 0.4) is 0 Å². The van der Waals surface area contributed by atoms with E-state index >= 15 is 0 Å². The zero-order valence-electron chi connectivity index (χ0n) is 46.8. The van der Waals surface area contributed by atoms with Gasteiger partial charge in [-0.25, -0.2) is 0 Å². The van der Waals surface area contributed by atoms with Crippen LogP contribution in [0.5, 0.6) is 0 Å². The fourth-order valence-electron chi connectivity index (χ4n) is 13.3. The quantitative estimate of drug-likeness (QED) is 0.114. The van der Waals surface area contributed by atoms with E-state index in [1.54, 1.807) is 0 Å². The van der Waals surface area contributed by atoms with Crippen molar-refractivity contribution in [2.24, 2.45) is 0 Å². The maximum atomic E-state index is 6.79. The van der Waals surface area contributed by atoms with E-state index in [0.29, 0.717) is 0 Å². The highest BCUT2D eigenvalue weighted by Crippen LogP contribution is 2.54. The van der Waals surface area contributed by atoms with Gasteiger partial charge in [-0.15, -0.1) is 0 Å². The summed E-state index contributed by atoms with van der Waals surface area (Å²) in [6.45, 7) is 18.7. The monoisotopic (exact) mass is 1040 g/mol. The molecule has 4 heteroatoms. The zero-order chi connectivity index (χ0) is 54.5.